The van der Waals surface area contributed by atoms with Gasteiger partial charge in [-0.3, -0.25) is 14.5 Å². The standard InChI is InChI=1S/C24H31BrN2O4/c25-24-12-18-9-19(13-24)11-23(10-18,16-24)22(29)31-15-21(28)26-20-3-1-17(2-4-20)14-27-5-7-30-8-6-27/h1-4,18-19H,5-16H2,(H,26,28). The van der Waals surface area contributed by atoms with Crippen molar-refractivity contribution >= 4 is 33.5 Å². The van der Waals surface area contributed by atoms with Gasteiger partial charge in [0.2, 0.25) is 0 Å². The van der Waals surface area contributed by atoms with E-state index in [1.165, 1.54) is 24.8 Å². The maximum absolute atomic E-state index is 13.0. The summed E-state index contributed by atoms with van der Waals surface area (Å²) < 4.78 is 11.0. The van der Waals surface area contributed by atoms with Crippen molar-refractivity contribution in [3.8, 4) is 0 Å². The average Bonchev–Trinajstić information content (AvgIpc) is 2.72. The van der Waals surface area contributed by atoms with Crippen LogP contribution in [0, 0.1) is 17.3 Å². The molecule has 2 atom stereocenters. The Morgan fingerprint density at radius 3 is 2.42 bits per heavy atom. The van der Waals surface area contributed by atoms with Gasteiger partial charge in [0.25, 0.3) is 5.91 Å². The van der Waals surface area contributed by atoms with E-state index >= 15 is 0 Å². The fourth-order valence-electron chi connectivity index (χ4n) is 6.58. The Hall–Kier alpha value is -1.44. The zero-order valence-electron chi connectivity index (χ0n) is 17.9. The second-order valence-corrected chi connectivity index (χ2v) is 11.8. The summed E-state index contributed by atoms with van der Waals surface area (Å²) in [6.45, 7) is 4.12. The molecule has 4 bridgehead atoms. The number of carbonyl (C=O) groups excluding carboxylic acids is 2. The van der Waals surface area contributed by atoms with Gasteiger partial charge in [-0.2, -0.15) is 0 Å². The van der Waals surface area contributed by atoms with Crippen LogP contribution in [0.25, 0.3) is 0 Å². The van der Waals surface area contributed by atoms with E-state index < -0.39 is 5.41 Å². The molecule has 31 heavy (non-hydrogen) atoms. The number of hydrogen-bond donors (Lipinski definition) is 1. The first-order chi connectivity index (χ1) is 14.9. The Bertz CT molecular complexity index is 822. The summed E-state index contributed by atoms with van der Waals surface area (Å²) in [6, 6.07) is 7.87. The van der Waals surface area contributed by atoms with Crippen LogP contribution in [0.2, 0.25) is 0 Å². The lowest BCUT2D eigenvalue weighted by Gasteiger charge is -2.58. The maximum Gasteiger partial charge on any atom is 0.312 e. The van der Waals surface area contributed by atoms with Crippen LogP contribution in [0.1, 0.15) is 44.1 Å². The number of ether oxygens (including phenoxy) is 2. The highest BCUT2D eigenvalue weighted by Crippen LogP contribution is 2.64. The number of hydrogen-bond acceptors (Lipinski definition) is 5. The predicted molar refractivity (Wildman–Crippen MR) is 121 cm³/mol. The van der Waals surface area contributed by atoms with Gasteiger partial charge in [-0.1, -0.05) is 28.1 Å². The van der Waals surface area contributed by atoms with Crippen molar-refractivity contribution in [1.29, 1.82) is 0 Å². The van der Waals surface area contributed by atoms with E-state index in [2.05, 4.69) is 26.1 Å². The molecule has 0 radical (unpaired) electrons. The predicted octanol–water partition coefficient (Wildman–Crippen LogP) is 3.73. The number of esters is 1. The van der Waals surface area contributed by atoms with Crippen LogP contribution in [0.3, 0.4) is 0 Å². The van der Waals surface area contributed by atoms with E-state index in [-0.39, 0.29) is 22.8 Å². The Balaban J connectivity index is 1.11. The van der Waals surface area contributed by atoms with Crippen LogP contribution in [-0.2, 0) is 25.6 Å². The number of nitrogens with zero attached hydrogens (tertiary/aromatic N) is 1. The van der Waals surface area contributed by atoms with Crippen LogP contribution < -0.4 is 5.32 Å². The highest BCUT2D eigenvalue weighted by atomic mass is 79.9. The Morgan fingerprint density at radius 2 is 1.77 bits per heavy atom. The summed E-state index contributed by atoms with van der Waals surface area (Å²) in [5, 5.41) is 2.85. The number of amides is 1. The maximum atomic E-state index is 13.0. The minimum absolute atomic E-state index is 0.0985. The molecule has 1 heterocycles. The number of anilines is 1. The third-order valence-electron chi connectivity index (χ3n) is 7.50. The molecule has 1 N–H and O–H groups in total. The van der Waals surface area contributed by atoms with E-state index in [9.17, 15) is 9.59 Å². The summed E-state index contributed by atoms with van der Waals surface area (Å²) in [6.07, 6.45) is 6.26. The lowest BCUT2D eigenvalue weighted by Crippen LogP contribution is -2.56. The van der Waals surface area contributed by atoms with Crippen LogP contribution in [0.15, 0.2) is 24.3 Å². The number of carbonyl (C=O) groups is 2. The molecule has 7 heteroatoms. The minimum atomic E-state index is -0.394. The van der Waals surface area contributed by atoms with Gasteiger partial charge in [0.05, 0.1) is 18.6 Å². The highest BCUT2D eigenvalue weighted by Gasteiger charge is 2.60. The van der Waals surface area contributed by atoms with Gasteiger partial charge in [-0.05, 0) is 68.1 Å². The molecular formula is C24H31BrN2O4. The van der Waals surface area contributed by atoms with Crippen LogP contribution in [-0.4, -0.2) is 54.0 Å². The number of morpholine rings is 1. The van der Waals surface area contributed by atoms with Gasteiger partial charge in [0.1, 0.15) is 0 Å². The monoisotopic (exact) mass is 490 g/mol. The zero-order chi connectivity index (χ0) is 21.5. The van der Waals surface area contributed by atoms with Crippen molar-refractivity contribution in [3.05, 3.63) is 29.8 Å². The minimum Gasteiger partial charge on any atom is -0.455 e. The van der Waals surface area contributed by atoms with Crippen LogP contribution >= 0.6 is 15.9 Å². The van der Waals surface area contributed by atoms with Crippen molar-refractivity contribution in [2.75, 3.05) is 38.2 Å². The molecule has 4 aliphatic carbocycles. The molecule has 4 saturated carbocycles. The second-order valence-electron chi connectivity index (χ2n) is 10.1. The SMILES string of the molecule is O=C(COC(=O)C12CC3CC(CC(Br)(C3)C1)C2)Nc1ccc(CN2CCOCC2)cc1. The topological polar surface area (TPSA) is 67.9 Å². The first-order valence-corrected chi connectivity index (χ1v) is 12.3. The molecule has 0 spiro atoms. The quantitative estimate of drug-likeness (QED) is 0.485. The number of rotatable bonds is 6. The summed E-state index contributed by atoms with van der Waals surface area (Å²) in [7, 11) is 0. The fourth-order valence-corrected chi connectivity index (χ4v) is 8.03. The number of alkyl halides is 1. The Morgan fingerprint density at radius 1 is 1.10 bits per heavy atom. The molecule has 5 aliphatic rings. The zero-order valence-corrected chi connectivity index (χ0v) is 19.5. The van der Waals surface area contributed by atoms with Crippen molar-refractivity contribution in [3.63, 3.8) is 0 Å². The van der Waals surface area contributed by atoms with Crippen LogP contribution in [0.5, 0.6) is 0 Å². The summed E-state index contributed by atoms with van der Waals surface area (Å²) in [5.74, 6) is 0.755. The van der Waals surface area contributed by atoms with Gasteiger partial charge >= 0.3 is 5.97 Å². The first-order valence-electron chi connectivity index (χ1n) is 11.5. The molecular weight excluding hydrogens is 460 g/mol. The number of benzene rings is 1. The van der Waals surface area contributed by atoms with Crippen molar-refractivity contribution in [2.45, 2.75) is 49.4 Å². The molecule has 1 aromatic rings. The molecule has 1 aromatic carbocycles. The van der Waals surface area contributed by atoms with E-state index in [0.29, 0.717) is 11.8 Å². The molecule has 6 rings (SSSR count). The highest BCUT2D eigenvalue weighted by molar-refractivity contribution is 9.10. The third-order valence-corrected chi connectivity index (χ3v) is 8.43. The first kappa shape index (κ1) is 21.4. The molecule has 1 amide bonds. The van der Waals surface area contributed by atoms with Crippen molar-refractivity contribution in [2.24, 2.45) is 17.3 Å². The molecule has 2 unspecified atom stereocenters. The smallest absolute Gasteiger partial charge is 0.312 e. The largest absolute Gasteiger partial charge is 0.455 e. The molecule has 6 nitrogen and oxygen atoms in total. The molecule has 1 aliphatic heterocycles. The second kappa shape index (κ2) is 8.49. The van der Waals surface area contributed by atoms with Gasteiger partial charge in [-0.25, -0.2) is 0 Å². The van der Waals surface area contributed by atoms with Crippen molar-refractivity contribution < 1.29 is 19.1 Å². The Labute approximate surface area is 192 Å². The number of nitrogens with one attached hydrogen (secondary N) is 1. The van der Waals surface area contributed by atoms with Crippen LogP contribution in [0.4, 0.5) is 5.69 Å². The average molecular weight is 491 g/mol. The third kappa shape index (κ3) is 4.69. The molecule has 5 fully saturated rings. The lowest BCUT2D eigenvalue weighted by molar-refractivity contribution is -0.170. The van der Waals surface area contributed by atoms with Gasteiger partial charge in [-0.15, -0.1) is 0 Å². The number of halogens is 1. The van der Waals surface area contributed by atoms with Crippen molar-refractivity contribution in [1.82, 2.24) is 4.90 Å². The summed E-state index contributed by atoms with van der Waals surface area (Å²) in [4.78, 5) is 27.7. The van der Waals surface area contributed by atoms with E-state index in [0.717, 1.165) is 57.8 Å². The molecule has 168 valence electrons. The Kier molecular flexibility index (Phi) is 5.86. The van der Waals surface area contributed by atoms with E-state index in [4.69, 9.17) is 9.47 Å². The fraction of sp³-hybridized carbons (Fsp3) is 0.667. The van der Waals surface area contributed by atoms with Gasteiger partial charge in [0, 0.05) is 29.6 Å². The molecule has 1 saturated heterocycles. The normalized spacial score (nSPS) is 34.5. The summed E-state index contributed by atoms with van der Waals surface area (Å²) >= 11 is 3.93. The molecule has 0 aromatic heterocycles. The summed E-state index contributed by atoms with van der Waals surface area (Å²) in [5.41, 5.74) is 1.53. The van der Waals surface area contributed by atoms with E-state index in [1.54, 1.807) is 0 Å². The van der Waals surface area contributed by atoms with Gasteiger partial charge < -0.3 is 14.8 Å². The van der Waals surface area contributed by atoms with Gasteiger partial charge in [0.15, 0.2) is 6.61 Å². The van der Waals surface area contributed by atoms with E-state index in [1.807, 2.05) is 24.3 Å². The lowest BCUT2D eigenvalue weighted by atomic mass is 9.49.